The number of hydrogen-bond acceptors (Lipinski definition) is 3. The van der Waals surface area contributed by atoms with Crippen molar-refractivity contribution in [3.63, 3.8) is 0 Å². The number of rotatable bonds is 3. The number of pyridine rings is 1. The van der Waals surface area contributed by atoms with E-state index in [1.54, 1.807) is 42.5 Å². The van der Waals surface area contributed by atoms with Gasteiger partial charge in [0, 0.05) is 22.8 Å². The summed E-state index contributed by atoms with van der Waals surface area (Å²) in [4.78, 5) is 39.0. The Morgan fingerprint density at radius 3 is 2.46 bits per heavy atom. The molecule has 0 aliphatic rings. The van der Waals surface area contributed by atoms with Gasteiger partial charge < -0.3 is 10.3 Å². The van der Waals surface area contributed by atoms with Gasteiger partial charge in [-0.3, -0.25) is 14.4 Å². The van der Waals surface area contributed by atoms with E-state index >= 15 is 0 Å². The third kappa shape index (κ3) is 2.94. The van der Waals surface area contributed by atoms with Crippen LogP contribution >= 0.6 is 11.6 Å². The molecule has 24 heavy (non-hydrogen) atoms. The van der Waals surface area contributed by atoms with Gasteiger partial charge in [0.2, 0.25) is 5.43 Å². The number of carbonyl (C=O) groups is 2. The lowest BCUT2D eigenvalue weighted by Crippen LogP contribution is -2.22. The summed E-state index contributed by atoms with van der Waals surface area (Å²) in [5.74, 6) is -0.593. The Morgan fingerprint density at radius 1 is 1.08 bits per heavy atom. The van der Waals surface area contributed by atoms with Crippen molar-refractivity contribution in [3.8, 4) is 0 Å². The van der Waals surface area contributed by atoms with E-state index in [1.165, 1.54) is 13.1 Å². The first kappa shape index (κ1) is 16.0. The van der Waals surface area contributed by atoms with Gasteiger partial charge in [-0.05, 0) is 43.3 Å². The standard InChI is InChI=1S/C18H13ClN2O3/c1-10(22)11-5-7-12(8-6-11)21-18(24)14-9-20-16-13(17(14)23)3-2-4-15(16)19/h2-9H,1H3,(H,20,23)(H,21,24). The number of fused-ring (bicyclic) bond motifs is 1. The second-order valence-electron chi connectivity index (χ2n) is 5.28. The van der Waals surface area contributed by atoms with Crippen LogP contribution in [0.2, 0.25) is 5.02 Å². The van der Waals surface area contributed by atoms with Crippen LogP contribution in [0.25, 0.3) is 10.9 Å². The molecule has 0 aliphatic carbocycles. The molecule has 0 saturated heterocycles. The number of carbonyl (C=O) groups excluding carboxylic acids is 2. The van der Waals surface area contributed by atoms with Crippen molar-refractivity contribution >= 4 is 39.9 Å². The maximum atomic E-state index is 12.5. The van der Waals surface area contributed by atoms with E-state index in [1.807, 2.05) is 0 Å². The SMILES string of the molecule is CC(=O)c1ccc(NC(=O)c2c[nH]c3c(Cl)cccc3c2=O)cc1. The van der Waals surface area contributed by atoms with Gasteiger partial charge in [-0.2, -0.15) is 0 Å². The maximum Gasteiger partial charge on any atom is 0.261 e. The number of nitrogens with one attached hydrogen (secondary N) is 2. The number of Topliss-reactive ketones (excluding diaryl/α,β-unsaturated/α-hetero) is 1. The molecule has 1 amide bonds. The van der Waals surface area contributed by atoms with Crippen LogP contribution in [0.1, 0.15) is 27.6 Å². The molecule has 2 aromatic carbocycles. The highest BCUT2D eigenvalue weighted by molar-refractivity contribution is 6.35. The second-order valence-corrected chi connectivity index (χ2v) is 5.69. The highest BCUT2D eigenvalue weighted by atomic mass is 35.5. The predicted octanol–water partition coefficient (Wildman–Crippen LogP) is 3.64. The third-order valence-corrected chi connectivity index (χ3v) is 3.97. The van der Waals surface area contributed by atoms with Crippen LogP contribution in [0.4, 0.5) is 5.69 Å². The van der Waals surface area contributed by atoms with Crippen molar-refractivity contribution in [1.29, 1.82) is 0 Å². The Hall–Kier alpha value is -2.92. The number of H-pyrrole nitrogens is 1. The predicted molar refractivity (Wildman–Crippen MR) is 94.0 cm³/mol. The number of aromatic nitrogens is 1. The van der Waals surface area contributed by atoms with Crippen LogP contribution in [-0.4, -0.2) is 16.7 Å². The van der Waals surface area contributed by atoms with Crippen LogP contribution in [-0.2, 0) is 0 Å². The fourth-order valence-electron chi connectivity index (χ4n) is 2.37. The first-order valence-corrected chi connectivity index (χ1v) is 7.57. The van der Waals surface area contributed by atoms with E-state index < -0.39 is 11.3 Å². The van der Waals surface area contributed by atoms with Gasteiger partial charge in [-0.25, -0.2) is 0 Å². The molecule has 0 fully saturated rings. The Bertz CT molecular complexity index is 1010. The fraction of sp³-hybridized carbons (Fsp3) is 0.0556. The monoisotopic (exact) mass is 340 g/mol. The number of hydrogen-bond donors (Lipinski definition) is 2. The van der Waals surface area contributed by atoms with Gasteiger partial charge >= 0.3 is 0 Å². The van der Waals surface area contributed by atoms with Gasteiger partial charge in [0.05, 0.1) is 10.5 Å². The third-order valence-electron chi connectivity index (χ3n) is 3.66. The van der Waals surface area contributed by atoms with Gasteiger partial charge in [0.1, 0.15) is 5.56 Å². The zero-order chi connectivity index (χ0) is 17.3. The number of anilines is 1. The number of ketones is 1. The van der Waals surface area contributed by atoms with Crippen LogP contribution < -0.4 is 10.7 Å². The normalized spacial score (nSPS) is 10.6. The molecule has 6 heteroatoms. The second kappa shape index (κ2) is 6.29. The lowest BCUT2D eigenvalue weighted by Gasteiger charge is -2.07. The van der Waals surface area contributed by atoms with E-state index in [-0.39, 0.29) is 11.3 Å². The Kier molecular flexibility index (Phi) is 4.18. The quantitative estimate of drug-likeness (QED) is 0.714. The summed E-state index contributed by atoms with van der Waals surface area (Å²) in [6.45, 7) is 1.47. The molecule has 0 unspecified atom stereocenters. The zero-order valence-electron chi connectivity index (χ0n) is 12.7. The minimum Gasteiger partial charge on any atom is -0.359 e. The van der Waals surface area contributed by atoms with E-state index in [0.717, 1.165) is 0 Å². The highest BCUT2D eigenvalue weighted by Crippen LogP contribution is 2.19. The summed E-state index contributed by atoms with van der Waals surface area (Å²) >= 11 is 6.03. The molecule has 0 radical (unpaired) electrons. The average molecular weight is 341 g/mol. The van der Waals surface area contributed by atoms with E-state index in [0.29, 0.717) is 27.2 Å². The summed E-state index contributed by atoms with van der Waals surface area (Å²) in [6.07, 6.45) is 1.34. The smallest absolute Gasteiger partial charge is 0.261 e. The van der Waals surface area contributed by atoms with Crippen molar-refractivity contribution in [2.24, 2.45) is 0 Å². The minimum absolute atomic E-state index is 0.0135. The molecule has 0 bridgehead atoms. The van der Waals surface area contributed by atoms with E-state index in [4.69, 9.17) is 11.6 Å². The van der Waals surface area contributed by atoms with Crippen molar-refractivity contribution in [2.45, 2.75) is 6.92 Å². The Morgan fingerprint density at radius 2 is 1.79 bits per heavy atom. The summed E-state index contributed by atoms with van der Waals surface area (Å²) in [5, 5.41) is 3.40. The van der Waals surface area contributed by atoms with Crippen molar-refractivity contribution < 1.29 is 9.59 Å². The van der Waals surface area contributed by atoms with Crippen LogP contribution in [0.5, 0.6) is 0 Å². The molecule has 0 spiro atoms. The number of benzene rings is 2. The fourth-order valence-corrected chi connectivity index (χ4v) is 2.60. The molecule has 3 aromatic rings. The minimum atomic E-state index is -0.534. The number of para-hydroxylation sites is 1. The Labute approximate surface area is 142 Å². The molecular weight excluding hydrogens is 328 g/mol. The lowest BCUT2D eigenvalue weighted by molar-refractivity contribution is 0.101. The van der Waals surface area contributed by atoms with Crippen molar-refractivity contribution in [1.82, 2.24) is 4.98 Å². The zero-order valence-corrected chi connectivity index (χ0v) is 13.5. The molecular formula is C18H13ClN2O3. The molecule has 0 atom stereocenters. The van der Waals surface area contributed by atoms with Crippen LogP contribution in [0, 0.1) is 0 Å². The molecule has 2 N–H and O–H groups in total. The number of aromatic amines is 1. The Balaban J connectivity index is 1.93. The number of amides is 1. The molecule has 0 aliphatic heterocycles. The van der Waals surface area contributed by atoms with Crippen LogP contribution in [0.3, 0.4) is 0 Å². The molecule has 120 valence electrons. The van der Waals surface area contributed by atoms with Gasteiger partial charge in [-0.15, -0.1) is 0 Å². The summed E-state index contributed by atoms with van der Waals surface area (Å²) < 4.78 is 0. The van der Waals surface area contributed by atoms with Gasteiger partial charge in [-0.1, -0.05) is 17.7 Å². The molecule has 0 saturated carbocycles. The van der Waals surface area contributed by atoms with Gasteiger partial charge in [0.25, 0.3) is 5.91 Å². The number of halogens is 1. The topological polar surface area (TPSA) is 79.0 Å². The molecule has 1 heterocycles. The highest BCUT2D eigenvalue weighted by Gasteiger charge is 2.14. The summed E-state index contributed by atoms with van der Waals surface area (Å²) in [5.41, 5.74) is 1.12. The van der Waals surface area contributed by atoms with E-state index in [9.17, 15) is 14.4 Å². The van der Waals surface area contributed by atoms with Crippen LogP contribution in [0.15, 0.2) is 53.5 Å². The van der Waals surface area contributed by atoms with E-state index in [2.05, 4.69) is 10.3 Å². The average Bonchev–Trinajstić information content (AvgIpc) is 2.56. The van der Waals surface area contributed by atoms with Crippen molar-refractivity contribution in [3.05, 3.63) is 75.0 Å². The largest absolute Gasteiger partial charge is 0.359 e. The first-order valence-electron chi connectivity index (χ1n) is 7.19. The molecule has 5 nitrogen and oxygen atoms in total. The molecule has 3 rings (SSSR count). The summed E-state index contributed by atoms with van der Waals surface area (Å²) in [6, 6.07) is 11.4. The molecule has 1 aromatic heterocycles. The summed E-state index contributed by atoms with van der Waals surface area (Å²) in [7, 11) is 0. The lowest BCUT2D eigenvalue weighted by atomic mass is 10.1. The van der Waals surface area contributed by atoms with Gasteiger partial charge in [0.15, 0.2) is 5.78 Å². The maximum absolute atomic E-state index is 12.5. The van der Waals surface area contributed by atoms with Crippen molar-refractivity contribution in [2.75, 3.05) is 5.32 Å². The first-order chi connectivity index (χ1) is 11.5.